The summed E-state index contributed by atoms with van der Waals surface area (Å²) in [7, 11) is 0. The van der Waals surface area contributed by atoms with Crippen LogP contribution in [0.1, 0.15) is 5.56 Å². The lowest BCUT2D eigenvalue weighted by Crippen LogP contribution is -1.94. The normalized spacial score (nSPS) is 11.1. The van der Waals surface area contributed by atoms with Gasteiger partial charge in [-0.15, -0.1) is 0 Å². The summed E-state index contributed by atoms with van der Waals surface area (Å²) >= 11 is 5.43. The lowest BCUT2D eigenvalue weighted by atomic mass is 10.2. The van der Waals surface area contributed by atoms with Crippen LogP contribution in [0, 0.1) is 11.6 Å². The van der Waals surface area contributed by atoms with Crippen LogP contribution >= 0.6 is 11.6 Å². The lowest BCUT2D eigenvalue weighted by molar-refractivity contribution is 0.579. The number of halogens is 3. The molecule has 0 aliphatic carbocycles. The van der Waals surface area contributed by atoms with Crippen LogP contribution in [0.5, 0.6) is 0 Å². The highest BCUT2D eigenvalue weighted by atomic mass is 35.5. The quantitative estimate of drug-likeness (QED) is 0.786. The molecule has 0 heterocycles. The van der Waals surface area contributed by atoms with E-state index in [9.17, 15) is 8.78 Å². The van der Waals surface area contributed by atoms with Gasteiger partial charge in [0.15, 0.2) is 0 Å². The fourth-order valence-corrected chi connectivity index (χ4v) is 1.09. The molecule has 0 fully saturated rings. The van der Waals surface area contributed by atoms with Crippen molar-refractivity contribution in [2.75, 3.05) is 6.54 Å². The molecule has 1 aromatic carbocycles. The molecule has 1 nitrogen and oxygen atoms in total. The average Bonchev–Trinajstić information content (AvgIpc) is 2.02. The van der Waals surface area contributed by atoms with Crippen LogP contribution in [0.25, 0.3) is 6.08 Å². The zero-order valence-corrected chi connectivity index (χ0v) is 7.48. The van der Waals surface area contributed by atoms with E-state index in [0.717, 1.165) is 12.1 Å². The number of benzene rings is 1. The molecule has 0 radical (unpaired) electrons. The van der Waals surface area contributed by atoms with Crippen molar-refractivity contribution in [1.82, 2.24) is 0 Å². The van der Waals surface area contributed by atoms with E-state index in [4.69, 9.17) is 17.3 Å². The molecule has 0 aliphatic heterocycles. The van der Waals surface area contributed by atoms with Crippen molar-refractivity contribution in [3.63, 3.8) is 0 Å². The van der Waals surface area contributed by atoms with Gasteiger partial charge < -0.3 is 5.73 Å². The fourth-order valence-electron chi connectivity index (χ4n) is 0.898. The van der Waals surface area contributed by atoms with Crippen molar-refractivity contribution in [3.8, 4) is 0 Å². The first-order valence-electron chi connectivity index (χ1n) is 3.66. The summed E-state index contributed by atoms with van der Waals surface area (Å²) < 4.78 is 26.0. The second-order valence-corrected chi connectivity index (χ2v) is 2.86. The third-order valence-corrected chi connectivity index (χ3v) is 1.68. The molecule has 0 aliphatic rings. The van der Waals surface area contributed by atoms with Gasteiger partial charge in [0.2, 0.25) is 0 Å². The van der Waals surface area contributed by atoms with E-state index in [2.05, 4.69) is 0 Å². The first-order valence-corrected chi connectivity index (χ1v) is 4.04. The van der Waals surface area contributed by atoms with Gasteiger partial charge in [-0.05, 0) is 12.1 Å². The highest BCUT2D eigenvalue weighted by molar-refractivity contribution is 6.30. The Hall–Kier alpha value is -0.930. The minimum atomic E-state index is -0.685. The Morgan fingerprint density at radius 3 is 2.31 bits per heavy atom. The molecule has 0 amide bonds. The predicted octanol–water partition coefficient (Wildman–Crippen LogP) is 2.59. The molecule has 1 aromatic rings. The van der Waals surface area contributed by atoms with Gasteiger partial charge in [0.25, 0.3) is 0 Å². The monoisotopic (exact) mass is 203 g/mol. The van der Waals surface area contributed by atoms with Gasteiger partial charge >= 0.3 is 0 Å². The highest BCUT2D eigenvalue weighted by Crippen LogP contribution is 2.19. The van der Waals surface area contributed by atoms with E-state index in [1.807, 2.05) is 0 Å². The van der Waals surface area contributed by atoms with Crippen LogP contribution in [0.15, 0.2) is 18.2 Å². The first kappa shape index (κ1) is 10.2. The molecule has 0 unspecified atom stereocenters. The lowest BCUT2D eigenvalue weighted by Gasteiger charge is -1.99. The number of rotatable bonds is 2. The van der Waals surface area contributed by atoms with Crippen molar-refractivity contribution in [3.05, 3.63) is 40.4 Å². The maximum atomic E-state index is 13.0. The van der Waals surface area contributed by atoms with Crippen molar-refractivity contribution in [2.45, 2.75) is 0 Å². The fraction of sp³-hybridized carbons (Fsp3) is 0.111. The van der Waals surface area contributed by atoms with E-state index in [1.54, 1.807) is 0 Å². The summed E-state index contributed by atoms with van der Waals surface area (Å²) in [6.07, 6.45) is 2.76. The average molecular weight is 204 g/mol. The molecule has 0 spiro atoms. The molecule has 2 N–H and O–H groups in total. The third-order valence-electron chi connectivity index (χ3n) is 1.46. The smallest absolute Gasteiger partial charge is 0.134 e. The largest absolute Gasteiger partial charge is 0.327 e. The Labute approximate surface area is 79.8 Å². The van der Waals surface area contributed by atoms with Gasteiger partial charge in [-0.25, -0.2) is 8.78 Å². The summed E-state index contributed by atoms with van der Waals surface area (Å²) in [5, 5.41) is 0.0416. The molecular weight excluding hydrogens is 196 g/mol. The van der Waals surface area contributed by atoms with Crippen LogP contribution in [-0.4, -0.2) is 6.54 Å². The van der Waals surface area contributed by atoms with Gasteiger partial charge in [0, 0.05) is 17.1 Å². The summed E-state index contributed by atoms with van der Waals surface area (Å²) in [6, 6.07) is 2.11. The van der Waals surface area contributed by atoms with Crippen LogP contribution < -0.4 is 5.73 Å². The Morgan fingerprint density at radius 1 is 1.31 bits per heavy atom. The highest BCUT2D eigenvalue weighted by Gasteiger charge is 2.06. The summed E-state index contributed by atoms with van der Waals surface area (Å²) in [5.41, 5.74) is 5.03. The van der Waals surface area contributed by atoms with Crippen LogP contribution in [0.4, 0.5) is 8.78 Å². The molecule has 0 atom stereocenters. The molecule has 0 saturated heterocycles. The van der Waals surface area contributed by atoms with Crippen molar-refractivity contribution >= 4 is 17.7 Å². The van der Waals surface area contributed by atoms with Gasteiger partial charge in [-0.3, -0.25) is 0 Å². The summed E-state index contributed by atoms with van der Waals surface area (Å²) in [4.78, 5) is 0. The molecule has 0 bridgehead atoms. The summed E-state index contributed by atoms with van der Waals surface area (Å²) in [5.74, 6) is -1.37. The summed E-state index contributed by atoms with van der Waals surface area (Å²) in [6.45, 7) is 0.238. The number of nitrogens with two attached hydrogens (primary N) is 1. The van der Waals surface area contributed by atoms with E-state index in [0.29, 0.717) is 0 Å². The minimum absolute atomic E-state index is 0.0416. The second kappa shape index (κ2) is 4.35. The molecule has 0 aromatic heterocycles. The number of hydrogen-bond acceptors (Lipinski definition) is 1. The SMILES string of the molecule is NC/C=C/c1c(F)cc(Cl)cc1F. The molecule has 0 saturated carbocycles. The van der Waals surface area contributed by atoms with E-state index in [-0.39, 0.29) is 17.1 Å². The topological polar surface area (TPSA) is 26.0 Å². The maximum Gasteiger partial charge on any atom is 0.134 e. The Morgan fingerprint density at radius 2 is 1.85 bits per heavy atom. The van der Waals surface area contributed by atoms with Gasteiger partial charge in [-0.1, -0.05) is 23.8 Å². The third kappa shape index (κ3) is 2.50. The van der Waals surface area contributed by atoms with Gasteiger partial charge in [0.1, 0.15) is 11.6 Å². The maximum absolute atomic E-state index is 13.0. The Bertz CT molecular complexity index is 313. The number of hydrogen-bond donors (Lipinski definition) is 1. The van der Waals surface area contributed by atoms with Crippen molar-refractivity contribution in [1.29, 1.82) is 0 Å². The van der Waals surface area contributed by atoms with E-state index < -0.39 is 11.6 Å². The van der Waals surface area contributed by atoms with E-state index >= 15 is 0 Å². The predicted molar refractivity (Wildman–Crippen MR) is 49.5 cm³/mol. The van der Waals surface area contributed by atoms with Crippen LogP contribution in [0.3, 0.4) is 0 Å². The van der Waals surface area contributed by atoms with E-state index in [1.165, 1.54) is 12.2 Å². The van der Waals surface area contributed by atoms with Crippen molar-refractivity contribution in [2.24, 2.45) is 5.73 Å². The van der Waals surface area contributed by atoms with Gasteiger partial charge in [-0.2, -0.15) is 0 Å². The van der Waals surface area contributed by atoms with Crippen LogP contribution in [0.2, 0.25) is 5.02 Å². The molecule has 4 heteroatoms. The zero-order valence-electron chi connectivity index (χ0n) is 6.73. The Kier molecular flexibility index (Phi) is 3.39. The molecular formula is C9H8ClF2N. The molecule has 70 valence electrons. The minimum Gasteiger partial charge on any atom is -0.327 e. The molecule has 13 heavy (non-hydrogen) atoms. The Balaban J connectivity index is 3.13. The second-order valence-electron chi connectivity index (χ2n) is 2.42. The molecule has 1 rings (SSSR count). The van der Waals surface area contributed by atoms with Gasteiger partial charge in [0.05, 0.1) is 0 Å². The standard InChI is InChI=1S/C9H8ClF2N/c10-6-4-8(11)7(2-1-3-13)9(12)5-6/h1-2,4-5H,3,13H2/b2-1+. The van der Waals surface area contributed by atoms with Crippen molar-refractivity contribution < 1.29 is 8.78 Å². The first-order chi connectivity index (χ1) is 6.15. The zero-order chi connectivity index (χ0) is 9.84. The van der Waals surface area contributed by atoms with Crippen LogP contribution in [-0.2, 0) is 0 Å².